The van der Waals surface area contributed by atoms with E-state index >= 15 is 0 Å². The van der Waals surface area contributed by atoms with Gasteiger partial charge in [0, 0.05) is 19.0 Å². The monoisotopic (exact) mass is 300 g/mol. The first-order valence-corrected chi connectivity index (χ1v) is 8.79. The molecule has 20 heavy (non-hydrogen) atoms. The van der Waals surface area contributed by atoms with Gasteiger partial charge in [-0.05, 0) is 32.9 Å². The number of nitrogens with one attached hydrogen (secondary N) is 2. The van der Waals surface area contributed by atoms with Crippen LogP contribution in [0.1, 0.15) is 38.9 Å². The number of nitrogens with zero attached hydrogens (tertiary/aromatic N) is 2. The predicted molar refractivity (Wildman–Crippen MR) is 78.0 cm³/mol. The molecule has 0 bridgehead atoms. The highest BCUT2D eigenvalue weighted by atomic mass is 32.2. The zero-order chi connectivity index (χ0) is 14.6. The molecule has 2 N–H and O–H groups in total. The van der Waals surface area contributed by atoms with Gasteiger partial charge in [0.05, 0.1) is 6.20 Å². The van der Waals surface area contributed by atoms with E-state index in [2.05, 4.69) is 26.5 Å². The summed E-state index contributed by atoms with van der Waals surface area (Å²) < 4.78 is 27.0. The average molecular weight is 300 g/mol. The minimum absolute atomic E-state index is 0.153. The third-order valence-corrected chi connectivity index (χ3v) is 5.15. The Morgan fingerprint density at radius 3 is 2.70 bits per heavy atom. The number of sulfonamides is 1. The average Bonchev–Trinajstić information content (AvgIpc) is 2.95. The Morgan fingerprint density at radius 1 is 1.40 bits per heavy atom. The predicted octanol–water partition coefficient (Wildman–Crippen LogP) is 1.12. The highest BCUT2D eigenvalue weighted by Crippen LogP contribution is 2.12. The van der Waals surface area contributed by atoms with Crippen LogP contribution in [0, 0.1) is 0 Å². The van der Waals surface area contributed by atoms with Crippen molar-refractivity contribution in [3.63, 3.8) is 0 Å². The van der Waals surface area contributed by atoms with E-state index in [0.717, 1.165) is 13.1 Å². The van der Waals surface area contributed by atoms with E-state index in [9.17, 15) is 8.42 Å². The molecule has 1 saturated heterocycles. The normalized spacial score (nSPS) is 19.1. The second kappa shape index (κ2) is 6.69. The number of H-pyrrole nitrogens is 1. The summed E-state index contributed by atoms with van der Waals surface area (Å²) in [6.07, 6.45) is 5.77. The van der Waals surface area contributed by atoms with E-state index in [0.29, 0.717) is 18.8 Å². The van der Waals surface area contributed by atoms with Crippen molar-refractivity contribution in [2.45, 2.75) is 50.6 Å². The molecule has 2 rings (SSSR count). The topological polar surface area (TPSA) is 78.1 Å². The van der Waals surface area contributed by atoms with Crippen LogP contribution in [0.4, 0.5) is 0 Å². The third-order valence-electron chi connectivity index (χ3n) is 3.81. The van der Waals surface area contributed by atoms with Crippen LogP contribution in [0.2, 0.25) is 0 Å². The van der Waals surface area contributed by atoms with Gasteiger partial charge in [-0.2, -0.15) is 0 Å². The number of aromatic amines is 1. The van der Waals surface area contributed by atoms with Gasteiger partial charge in [0.2, 0.25) is 0 Å². The maximum Gasteiger partial charge on any atom is 0.257 e. The fourth-order valence-corrected chi connectivity index (χ4v) is 3.52. The molecule has 0 saturated carbocycles. The van der Waals surface area contributed by atoms with Crippen LogP contribution >= 0.6 is 0 Å². The highest BCUT2D eigenvalue weighted by molar-refractivity contribution is 7.89. The molecule has 6 nitrogen and oxygen atoms in total. The highest BCUT2D eigenvalue weighted by Gasteiger charge is 2.21. The second-order valence-corrected chi connectivity index (χ2v) is 7.08. The third kappa shape index (κ3) is 3.80. The lowest BCUT2D eigenvalue weighted by Gasteiger charge is -2.32. The van der Waals surface area contributed by atoms with E-state index in [1.807, 2.05) is 6.92 Å². The van der Waals surface area contributed by atoms with Gasteiger partial charge in [-0.3, -0.25) is 4.90 Å². The zero-order valence-corrected chi connectivity index (χ0v) is 13.0. The first-order valence-electron chi connectivity index (χ1n) is 7.30. The minimum Gasteiger partial charge on any atom is -0.332 e. The molecule has 1 aromatic rings. The van der Waals surface area contributed by atoms with E-state index in [4.69, 9.17) is 0 Å². The molecule has 7 heteroatoms. The van der Waals surface area contributed by atoms with Crippen LogP contribution in [0.25, 0.3) is 0 Å². The molecule has 1 unspecified atom stereocenters. The molecule has 1 atom stereocenters. The molecule has 2 heterocycles. The van der Waals surface area contributed by atoms with Crippen LogP contribution in [-0.4, -0.2) is 49.0 Å². The van der Waals surface area contributed by atoms with Gasteiger partial charge >= 0.3 is 0 Å². The molecule has 0 spiro atoms. The van der Waals surface area contributed by atoms with Crippen molar-refractivity contribution in [3.8, 4) is 0 Å². The van der Waals surface area contributed by atoms with Crippen LogP contribution in [0.3, 0.4) is 0 Å². The Kier molecular flexibility index (Phi) is 5.17. The number of hydrogen-bond acceptors (Lipinski definition) is 4. The zero-order valence-electron chi connectivity index (χ0n) is 12.2. The summed E-state index contributed by atoms with van der Waals surface area (Å²) in [5.74, 6) is 0.689. The SMILES string of the molecule is CCc1ncc(S(=O)(=O)NCC(C)N2CCCCC2)[nH]1. The van der Waals surface area contributed by atoms with Crippen molar-refractivity contribution in [2.24, 2.45) is 0 Å². The van der Waals surface area contributed by atoms with Crippen molar-refractivity contribution in [3.05, 3.63) is 12.0 Å². The summed E-state index contributed by atoms with van der Waals surface area (Å²) >= 11 is 0. The maximum absolute atomic E-state index is 12.1. The Bertz CT molecular complexity index is 520. The van der Waals surface area contributed by atoms with Crippen LogP contribution in [0.5, 0.6) is 0 Å². The lowest BCUT2D eigenvalue weighted by molar-refractivity contribution is 0.175. The fraction of sp³-hybridized carbons (Fsp3) is 0.769. The van der Waals surface area contributed by atoms with Gasteiger partial charge in [0.1, 0.15) is 5.82 Å². The quantitative estimate of drug-likeness (QED) is 0.825. The van der Waals surface area contributed by atoms with Crippen LogP contribution in [-0.2, 0) is 16.4 Å². The van der Waals surface area contributed by atoms with Crippen molar-refractivity contribution < 1.29 is 8.42 Å². The van der Waals surface area contributed by atoms with Gasteiger partial charge < -0.3 is 4.98 Å². The molecule has 0 radical (unpaired) electrons. The van der Waals surface area contributed by atoms with Gasteiger partial charge in [-0.15, -0.1) is 0 Å². The minimum atomic E-state index is -3.48. The van der Waals surface area contributed by atoms with Gasteiger partial charge in [-0.1, -0.05) is 13.3 Å². The molecular weight excluding hydrogens is 276 g/mol. The molecule has 1 aliphatic heterocycles. The van der Waals surface area contributed by atoms with E-state index in [-0.39, 0.29) is 11.1 Å². The Balaban J connectivity index is 1.91. The number of aromatic nitrogens is 2. The van der Waals surface area contributed by atoms with Crippen molar-refractivity contribution in [1.29, 1.82) is 0 Å². The Labute approximate surface area is 121 Å². The Morgan fingerprint density at radius 2 is 2.10 bits per heavy atom. The number of likely N-dealkylation sites (tertiary alicyclic amines) is 1. The van der Waals surface area contributed by atoms with Gasteiger partial charge in [0.25, 0.3) is 10.0 Å². The van der Waals surface area contributed by atoms with E-state index in [1.54, 1.807) is 0 Å². The molecule has 1 aromatic heterocycles. The second-order valence-electron chi connectivity index (χ2n) is 5.35. The maximum atomic E-state index is 12.1. The number of rotatable bonds is 6. The molecule has 1 fully saturated rings. The fourth-order valence-electron chi connectivity index (χ4n) is 2.46. The summed E-state index contributed by atoms with van der Waals surface area (Å²) in [7, 11) is -3.48. The van der Waals surface area contributed by atoms with Crippen LogP contribution in [0.15, 0.2) is 11.2 Å². The number of hydrogen-bond donors (Lipinski definition) is 2. The summed E-state index contributed by atoms with van der Waals surface area (Å²) in [4.78, 5) is 9.21. The van der Waals surface area contributed by atoms with Crippen molar-refractivity contribution in [1.82, 2.24) is 19.6 Å². The number of imidazole rings is 1. The lowest BCUT2D eigenvalue weighted by atomic mass is 10.1. The van der Waals surface area contributed by atoms with Gasteiger partial charge in [0.15, 0.2) is 5.03 Å². The summed E-state index contributed by atoms with van der Waals surface area (Å²) in [6.45, 7) is 6.56. The smallest absolute Gasteiger partial charge is 0.257 e. The first-order chi connectivity index (χ1) is 9.53. The standard InChI is InChI=1S/C13H24N4O2S/c1-3-12-14-10-13(16-12)20(18,19)15-9-11(2)17-7-5-4-6-8-17/h10-11,15H,3-9H2,1-2H3,(H,14,16). The van der Waals surface area contributed by atoms with Gasteiger partial charge in [-0.25, -0.2) is 18.1 Å². The van der Waals surface area contributed by atoms with Crippen LogP contribution < -0.4 is 4.72 Å². The van der Waals surface area contributed by atoms with Crippen molar-refractivity contribution in [2.75, 3.05) is 19.6 Å². The van der Waals surface area contributed by atoms with Crippen molar-refractivity contribution >= 4 is 10.0 Å². The summed E-state index contributed by atoms with van der Waals surface area (Å²) in [6, 6.07) is 0.221. The number of aryl methyl sites for hydroxylation is 1. The molecule has 1 aliphatic rings. The first kappa shape index (κ1) is 15.5. The Hall–Kier alpha value is -0.920. The molecule has 114 valence electrons. The van der Waals surface area contributed by atoms with E-state index in [1.165, 1.54) is 25.5 Å². The molecule has 0 aromatic carbocycles. The molecular formula is C13H24N4O2S. The summed E-state index contributed by atoms with van der Waals surface area (Å²) in [5, 5.41) is 0.153. The summed E-state index contributed by atoms with van der Waals surface area (Å²) in [5.41, 5.74) is 0. The van der Waals surface area contributed by atoms with E-state index < -0.39 is 10.0 Å². The molecule has 0 amide bonds. The largest absolute Gasteiger partial charge is 0.332 e. The lowest BCUT2D eigenvalue weighted by Crippen LogP contribution is -2.44. The number of piperidine rings is 1. The molecule has 0 aliphatic carbocycles.